The number of ether oxygens (including phenoxy) is 2. The zero-order chi connectivity index (χ0) is 13.7. The highest BCUT2D eigenvalue weighted by Gasteiger charge is 2.21. The lowest BCUT2D eigenvalue weighted by Gasteiger charge is -2.30. The van der Waals surface area contributed by atoms with Gasteiger partial charge in [-0.1, -0.05) is 13.0 Å². The van der Waals surface area contributed by atoms with Gasteiger partial charge in [0.05, 0.1) is 7.11 Å². The summed E-state index contributed by atoms with van der Waals surface area (Å²) in [5, 5.41) is 0. The summed E-state index contributed by atoms with van der Waals surface area (Å²) in [4.78, 5) is 13.9. The maximum Gasteiger partial charge on any atom is 0.260 e. The smallest absolute Gasteiger partial charge is 0.260 e. The van der Waals surface area contributed by atoms with Crippen LogP contribution in [0.5, 0.6) is 11.5 Å². The van der Waals surface area contributed by atoms with Gasteiger partial charge in [-0.05, 0) is 30.9 Å². The summed E-state index contributed by atoms with van der Waals surface area (Å²) in [6.45, 7) is 3.98. The molecule has 2 rings (SSSR count). The van der Waals surface area contributed by atoms with Crippen LogP contribution in [0.4, 0.5) is 0 Å². The molecule has 1 atom stereocenters. The number of nitrogens with zero attached hydrogens (tertiary/aromatic N) is 1. The maximum absolute atomic E-state index is 12.0. The van der Waals surface area contributed by atoms with Crippen molar-refractivity contribution < 1.29 is 14.3 Å². The largest absolute Gasteiger partial charge is 0.497 e. The number of methoxy groups -OCH3 is 1. The topological polar surface area (TPSA) is 38.8 Å². The van der Waals surface area contributed by atoms with Crippen LogP contribution in [0.2, 0.25) is 0 Å². The number of carbonyl (C=O) groups is 1. The molecule has 1 saturated heterocycles. The fourth-order valence-corrected chi connectivity index (χ4v) is 2.34. The maximum atomic E-state index is 12.0. The lowest BCUT2D eigenvalue weighted by molar-refractivity contribution is -0.135. The van der Waals surface area contributed by atoms with Gasteiger partial charge in [0.15, 0.2) is 6.61 Å². The van der Waals surface area contributed by atoms with Crippen molar-refractivity contribution in [1.29, 1.82) is 0 Å². The number of benzene rings is 1. The minimum absolute atomic E-state index is 0.0642. The van der Waals surface area contributed by atoms with Gasteiger partial charge in [-0.2, -0.15) is 0 Å². The van der Waals surface area contributed by atoms with Crippen molar-refractivity contribution in [3.05, 3.63) is 24.3 Å². The van der Waals surface area contributed by atoms with Crippen molar-refractivity contribution in [2.24, 2.45) is 5.92 Å². The van der Waals surface area contributed by atoms with E-state index in [0.717, 1.165) is 25.3 Å². The lowest BCUT2D eigenvalue weighted by atomic mass is 10.0. The molecule has 19 heavy (non-hydrogen) atoms. The molecule has 0 aromatic heterocycles. The average Bonchev–Trinajstić information content (AvgIpc) is 2.45. The summed E-state index contributed by atoms with van der Waals surface area (Å²) in [5.41, 5.74) is 0. The Balaban J connectivity index is 1.85. The number of carbonyl (C=O) groups excluding carboxylic acids is 1. The van der Waals surface area contributed by atoms with Crippen LogP contribution in [0.25, 0.3) is 0 Å². The summed E-state index contributed by atoms with van der Waals surface area (Å²) in [6, 6.07) is 7.31. The van der Waals surface area contributed by atoms with E-state index in [2.05, 4.69) is 6.92 Å². The second-order valence-electron chi connectivity index (χ2n) is 5.05. The van der Waals surface area contributed by atoms with Crippen LogP contribution < -0.4 is 9.47 Å². The van der Waals surface area contributed by atoms with Crippen molar-refractivity contribution in [3.63, 3.8) is 0 Å². The molecule has 0 spiro atoms. The van der Waals surface area contributed by atoms with Gasteiger partial charge < -0.3 is 14.4 Å². The summed E-state index contributed by atoms with van der Waals surface area (Å²) < 4.78 is 10.6. The minimum atomic E-state index is 0.0642. The summed E-state index contributed by atoms with van der Waals surface area (Å²) in [6.07, 6.45) is 2.30. The molecule has 0 N–H and O–H groups in total. The molecule has 1 aliphatic heterocycles. The van der Waals surface area contributed by atoms with Crippen LogP contribution in [0.1, 0.15) is 19.8 Å². The highest BCUT2D eigenvalue weighted by Crippen LogP contribution is 2.19. The zero-order valence-corrected chi connectivity index (χ0v) is 11.6. The van der Waals surface area contributed by atoms with Gasteiger partial charge in [-0.3, -0.25) is 4.79 Å². The Morgan fingerprint density at radius 3 is 2.95 bits per heavy atom. The van der Waals surface area contributed by atoms with Gasteiger partial charge in [-0.15, -0.1) is 0 Å². The van der Waals surface area contributed by atoms with Crippen molar-refractivity contribution in [1.82, 2.24) is 4.90 Å². The molecule has 4 nitrogen and oxygen atoms in total. The van der Waals surface area contributed by atoms with Crippen LogP contribution in [0.3, 0.4) is 0 Å². The molecule has 1 fully saturated rings. The molecule has 0 radical (unpaired) electrons. The van der Waals surface area contributed by atoms with E-state index in [4.69, 9.17) is 9.47 Å². The molecule has 0 saturated carbocycles. The Morgan fingerprint density at radius 1 is 1.42 bits per heavy atom. The van der Waals surface area contributed by atoms with Gasteiger partial charge in [0, 0.05) is 19.2 Å². The third-order valence-corrected chi connectivity index (χ3v) is 3.41. The highest BCUT2D eigenvalue weighted by molar-refractivity contribution is 5.77. The quantitative estimate of drug-likeness (QED) is 0.837. The number of likely N-dealkylation sites (tertiary alicyclic amines) is 1. The monoisotopic (exact) mass is 263 g/mol. The number of hydrogen-bond donors (Lipinski definition) is 0. The third-order valence-electron chi connectivity index (χ3n) is 3.41. The first-order valence-electron chi connectivity index (χ1n) is 6.73. The van der Waals surface area contributed by atoms with Crippen LogP contribution in [-0.4, -0.2) is 37.6 Å². The van der Waals surface area contributed by atoms with Gasteiger partial charge in [0.25, 0.3) is 5.91 Å². The molecule has 1 heterocycles. The lowest BCUT2D eigenvalue weighted by Crippen LogP contribution is -2.41. The molecule has 104 valence electrons. The fraction of sp³-hybridized carbons (Fsp3) is 0.533. The number of amides is 1. The van der Waals surface area contributed by atoms with Gasteiger partial charge in [-0.25, -0.2) is 0 Å². The molecule has 0 bridgehead atoms. The molecular formula is C15H21NO3. The Labute approximate surface area is 114 Å². The highest BCUT2D eigenvalue weighted by atomic mass is 16.5. The fourth-order valence-electron chi connectivity index (χ4n) is 2.34. The average molecular weight is 263 g/mol. The summed E-state index contributed by atoms with van der Waals surface area (Å²) >= 11 is 0. The van der Waals surface area contributed by atoms with Crippen LogP contribution in [0.15, 0.2) is 24.3 Å². The van der Waals surface area contributed by atoms with Crippen molar-refractivity contribution in [2.45, 2.75) is 19.8 Å². The second-order valence-corrected chi connectivity index (χ2v) is 5.05. The number of piperidine rings is 1. The van der Waals surface area contributed by atoms with Crippen LogP contribution in [0, 0.1) is 5.92 Å². The van der Waals surface area contributed by atoms with E-state index in [0.29, 0.717) is 11.7 Å². The van der Waals surface area contributed by atoms with E-state index < -0.39 is 0 Å². The first-order chi connectivity index (χ1) is 9.19. The predicted molar refractivity (Wildman–Crippen MR) is 73.5 cm³/mol. The minimum Gasteiger partial charge on any atom is -0.497 e. The van der Waals surface area contributed by atoms with E-state index in [9.17, 15) is 4.79 Å². The molecule has 0 aliphatic carbocycles. The van der Waals surface area contributed by atoms with E-state index in [1.54, 1.807) is 13.2 Å². The van der Waals surface area contributed by atoms with Gasteiger partial charge in [0.2, 0.25) is 0 Å². The van der Waals surface area contributed by atoms with Gasteiger partial charge >= 0.3 is 0 Å². The first-order valence-corrected chi connectivity index (χ1v) is 6.73. The summed E-state index contributed by atoms with van der Waals surface area (Å²) in [5.74, 6) is 2.05. The van der Waals surface area contributed by atoms with E-state index in [-0.39, 0.29) is 12.5 Å². The Bertz CT molecular complexity index is 433. The second kappa shape index (κ2) is 6.45. The molecular weight excluding hydrogens is 242 g/mol. The van der Waals surface area contributed by atoms with E-state index >= 15 is 0 Å². The normalized spacial score (nSPS) is 19.1. The SMILES string of the molecule is COc1cccc(OCC(=O)N2CCCC(C)C2)c1. The zero-order valence-electron chi connectivity index (χ0n) is 11.6. The van der Waals surface area contributed by atoms with Gasteiger partial charge in [0.1, 0.15) is 11.5 Å². The van der Waals surface area contributed by atoms with Crippen molar-refractivity contribution in [3.8, 4) is 11.5 Å². The molecule has 1 aromatic rings. The predicted octanol–water partition coefficient (Wildman–Crippen LogP) is 2.33. The van der Waals surface area contributed by atoms with Crippen molar-refractivity contribution in [2.75, 3.05) is 26.8 Å². The summed E-state index contributed by atoms with van der Waals surface area (Å²) in [7, 11) is 1.61. The molecule has 1 unspecified atom stereocenters. The van der Waals surface area contributed by atoms with Crippen LogP contribution in [-0.2, 0) is 4.79 Å². The molecule has 4 heteroatoms. The van der Waals surface area contributed by atoms with Crippen LogP contribution >= 0.6 is 0 Å². The Hall–Kier alpha value is -1.71. The molecule has 1 aliphatic rings. The van der Waals surface area contributed by atoms with E-state index in [1.807, 2.05) is 23.1 Å². The number of hydrogen-bond acceptors (Lipinski definition) is 3. The standard InChI is InChI=1S/C15H21NO3/c1-12-5-4-8-16(10-12)15(17)11-19-14-7-3-6-13(9-14)18-2/h3,6-7,9,12H,4-5,8,10-11H2,1-2H3. The first kappa shape index (κ1) is 13.7. The molecule has 1 amide bonds. The number of rotatable bonds is 4. The van der Waals surface area contributed by atoms with E-state index in [1.165, 1.54) is 6.42 Å². The molecule has 1 aromatic carbocycles. The van der Waals surface area contributed by atoms with Crippen molar-refractivity contribution >= 4 is 5.91 Å². The third kappa shape index (κ3) is 3.88. The Morgan fingerprint density at radius 2 is 2.21 bits per heavy atom. The Kier molecular flexibility index (Phi) is 4.66.